The lowest BCUT2D eigenvalue weighted by Crippen LogP contribution is -2.01. The van der Waals surface area contributed by atoms with Crippen LogP contribution >= 0.6 is 0 Å². The number of aryl methyl sites for hydroxylation is 1. The van der Waals surface area contributed by atoms with E-state index in [1.54, 1.807) is 12.1 Å². The third-order valence-corrected chi connectivity index (χ3v) is 4.43. The molecule has 0 amide bonds. The molecule has 0 atom stereocenters. The fourth-order valence-electron chi connectivity index (χ4n) is 1.59. The lowest BCUT2D eigenvalue weighted by Gasteiger charge is -2.07. The van der Waals surface area contributed by atoms with Crippen LogP contribution in [0.2, 0.25) is 0 Å². The monoisotopic (exact) mass is 280 g/mol. The molecule has 3 N–H and O–H groups in total. The quantitative estimate of drug-likeness (QED) is 0.731. The third-order valence-electron chi connectivity index (χ3n) is 2.68. The summed E-state index contributed by atoms with van der Waals surface area (Å²) in [7, 11) is -3.85. The molecule has 2 aromatic carbocycles. The molecule has 0 saturated carbocycles. The standard InChI is InChI=1S/C13H12O5S/c1-8-2-4-9(5-3-8)19(17,18)10-6-11(14)13(16)12(15)7-10/h2-7,14-16H,1H3. The first-order valence-electron chi connectivity index (χ1n) is 5.39. The van der Waals surface area contributed by atoms with Crippen LogP contribution < -0.4 is 0 Å². The second-order valence-corrected chi connectivity index (χ2v) is 6.08. The van der Waals surface area contributed by atoms with E-state index in [4.69, 9.17) is 0 Å². The molecule has 0 saturated heterocycles. The fourth-order valence-corrected chi connectivity index (χ4v) is 2.89. The van der Waals surface area contributed by atoms with E-state index in [1.165, 1.54) is 12.1 Å². The van der Waals surface area contributed by atoms with E-state index in [0.29, 0.717) is 0 Å². The van der Waals surface area contributed by atoms with Gasteiger partial charge in [-0.25, -0.2) is 8.42 Å². The molecule has 100 valence electrons. The number of phenolic OH excluding ortho intramolecular Hbond substituents is 3. The SMILES string of the molecule is Cc1ccc(S(=O)(=O)c2cc(O)c(O)c(O)c2)cc1. The van der Waals surface area contributed by atoms with Crippen molar-refractivity contribution < 1.29 is 23.7 Å². The molecule has 0 fully saturated rings. The molecule has 0 aliphatic carbocycles. The van der Waals surface area contributed by atoms with Crippen LogP contribution in [-0.4, -0.2) is 23.7 Å². The molecule has 0 radical (unpaired) electrons. The molecule has 5 nitrogen and oxygen atoms in total. The number of sulfone groups is 1. The van der Waals surface area contributed by atoms with E-state index >= 15 is 0 Å². The number of phenols is 3. The van der Waals surface area contributed by atoms with Crippen LogP contribution in [0, 0.1) is 6.92 Å². The molecule has 0 aromatic heterocycles. The normalized spacial score (nSPS) is 11.4. The van der Waals surface area contributed by atoms with Crippen LogP contribution in [0.1, 0.15) is 5.56 Å². The Balaban J connectivity index is 2.60. The van der Waals surface area contributed by atoms with Crippen molar-refractivity contribution >= 4 is 9.84 Å². The summed E-state index contributed by atoms with van der Waals surface area (Å²) in [4.78, 5) is -0.244. The van der Waals surface area contributed by atoms with Gasteiger partial charge in [-0.05, 0) is 19.1 Å². The van der Waals surface area contributed by atoms with E-state index in [0.717, 1.165) is 17.7 Å². The van der Waals surface area contributed by atoms with Gasteiger partial charge < -0.3 is 15.3 Å². The fraction of sp³-hybridized carbons (Fsp3) is 0.0769. The second kappa shape index (κ2) is 4.47. The number of hydrogen-bond acceptors (Lipinski definition) is 5. The van der Waals surface area contributed by atoms with E-state index in [9.17, 15) is 23.7 Å². The lowest BCUT2D eigenvalue weighted by atomic mass is 10.2. The Labute approximate surface area is 110 Å². The second-order valence-electron chi connectivity index (χ2n) is 4.13. The van der Waals surface area contributed by atoms with E-state index < -0.39 is 27.1 Å². The van der Waals surface area contributed by atoms with Gasteiger partial charge in [-0.1, -0.05) is 17.7 Å². The zero-order valence-corrected chi connectivity index (χ0v) is 10.8. The highest BCUT2D eigenvalue weighted by molar-refractivity contribution is 7.91. The Bertz CT molecular complexity index is 694. The molecule has 0 unspecified atom stereocenters. The van der Waals surface area contributed by atoms with Crippen molar-refractivity contribution in [3.63, 3.8) is 0 Å². The largest absolute Gasteiger partial charge is 0.504 e. The summed E-state index contributed by atoms with van der Waals surface area (Å²) >= 11 is 0. The topological polar surface area (TPSA) is 94.8 Å². The maximum atomic E-state index is 12.3. The van der Waals surface area contributed by atoms with Crippen LogP contribution in [0.15, 0.2) is 46.2 Å². The molecular weight excluding hydrogens is 268 g/mol. The van der Waals surface area contributed by atoms with Crippen molar-refractivity contribution in [2.75, 3.05) is 0 Å². The van der Waals surface area contributed by atoms with Gasteiger partial charge in [-0.2, -0.15) is 0 Å². The van der Waals surface area contributed by atoms with Crippen LogP contribution in [0.4, 0.5) is 0 Å². The summed E-state index contributed by atoms with van der Waals surface area (Å²) in [6, 6.07) is 7.95. The highest BCUT2D eigenvalue weighted by atomic mass is 32.2. The van der Waals surface area contributed by atoms with Crippen molar-refractivity contribution in [3.8, 4) is 17.2 Å². The van der Waals surface area contributed by atoms with Crippen molar-refractivity contribution in [1.82, 2.24) is 0 Å². The summed E-state index contributed by atoms with van der Waals surface area (Å²) in [5.41, 5.74) is 0.912. The summed E-state index contributed by atoms with van der Waals surface area (Å²) < 4.78 is 24.5. The van der Waals surface area contributed by atoms with Gasteiger partial charge in [0.05, 0.1) is 9.79 Å². The third kappa shape index (κ3) is 2.34. The molecule has 19 heavy (non-hydrogen) atoms. The minimum absolute atomic E-state index is 0.0441. The van der Waals surface area contributed by atoms with E-state index in [-0.39, 0.29) is 9.79 Å². The van der Waals surface area contributed by atoms with Crippen LogP contribution in [-0.2, 0) is 9.84 Å². The Morgan fingerprint density at radius 3 is 1.79 bits per heavy atom. The Hall–Kier alpha value is -2.21. The Morgan fingerprint density at radius 1 is 0.842 bits per heavy atom. The maximum Gasteiger partial charge on any atom is 0.206 e. The summed E-state index contributed by atoms with van der Waals surface area (Å²) in [5.74, 6) is -2.13. The van der Waals surface area contributed by atoms with Crippen LogP contribution in [0.25, 0.3) is 0 Å². The first-order chi connectivity index (χ1) is 8.82. The minimum Gasteiger partial charge on any atom is -0.504 e. The van der Waals surface area contributed by atoms with Crippen molar-refractivity contribution in [3.05, 3.63) is 42.0 Å². The minimum atomic E-state index is -3.85. The van der Waals surface area contributed by atoms with Gasteiger partial charge in [-0.15, -0.1) is 0 Å². The van der Waals surface area contributed by atoms with Gasteiger partial charge >= 0.3 is 0 Å². The van der Waals surface area contributed by atoms with Gasteiger partial charge in [0.15, 0.2) is 17.2 Å². The average Bonchev–Trinajstić information content (AvgIpc) is 2.35. The van der Waals surface area contributed by atoms with Gasteiger partial charge in [0.2, 0.25) is 9.84 Å². The average molecular weight is 280 g/mol. The molecule has 2 aromatic rings. The number of rotatable bonds is 2. The first kappa shape index (κ1) is 13.2. The highest BCUT2D eigenvalue weighted by Gasteiger charge is 2.21. The lowest BCUT2D eigenvalue weighted by molar-refractivity contribution is 0.366. The smallest absolute Gasteiger partial charge is 0.206 e. The Morgan fingerprint density at radius 2 is 1.32 bits per heavy atom. The molecular formula is C13H12O5S. The molecule has 0 heterocycles. The predicted molar refractivity (Wildman–Crippen MR) is 68.1 cm³/mol. The van der Waals surface area contributed by atoms with Gasteiger partial charge in [0.1, 0.15) is 0 Å². The van der Waals surface area contributed by atoms with Gasteiger partial charge in [0.25, 0.3) is 0 Å². The molecule has 0 aliphatic rings. The summed E-state index contributed by atoms with van der Waals surface area (Å²) in [6.07, 6.45) is 0. The molecule has 0 bridgehead atoms. The first-order valence-corrected chi connectivity index (χ1v) is 6.87. The van der Waals surface area contributed by atoms with Gasteiger partial charge in [0, 0.05) is 12.1 Å². The molecule has 0 spiro atoms. The molecule has 0 aliphatic heterocycles. The summed E-state index contributed by atoms with van der Waals surface area (Å²) in [6.45, 7) is 1.83. The number of benzene rings is 2. The molecule has 2 rings (SSSR count). The van der Waals surface area contributed by atoms with E-state index in [2.05, 4.69) is 0 Å². The van der Waals surface area contributed by atoms with Crippen molar-refractivity contribution in [2.45, 2.75) is 16.7 Å². The van der Waals surface area contributed by atoms with Crippen molar-refractivity contribution in [2.24, 2.45) is 0 Å². The van der Waals surface area contributed by atoms with E-state index in [1.807, 2.05) is 6.92 Å². The maximum absolute atomic E-state index is 12.3. The number of aromatic hydroxyl groups is 3. The van der Waals surface area contributed by atoms with Gasteiger partial charge in [-0.3, -0.25) is 0 Å². The van der Waals surface area contributed by atoms with Crippen LogP contribution in [0.3, 0.4) is 0 Å². The Kier molecular flexibility index (Phi) is 3.11. The van der Waals surface area contributed by atoms with Crippen LogP contribution in [0.5, 0.6) is 17.2 Å². The zero-order chi connectivity index (χ0) is 14.2. The predicted octanol–water partition coefficient (Wildman–Crippen LogP) is 1.94. The summed E-state index contributed by atoms with van der Waals surface area (Å²) in [5, 5.41) is 27.9. The number of hydrogen-bond donors (Lipinski definition) is 3. The zero-order valence-electron chi connectivity index (χ0n) is 10.0. The van der Waals surface area contributed by atoms with Crippen molar-refractivity contribution in [1.29, 1.82) is 0 Å². The molecule has 6 heteroatoms. The highest BCUT2D eigenvalue weighted by Crippen LogP contribution is 2.38.